The SMILES string of the molecule is CCC1CN(C(=O)C2CCCNC2C)CCN1C. The fourth-order valence-electron chi connectivity index (χ4n) is 3.20. The Bertz CT molecular complexity index is 295. The molecule has 0 aromatic rings. The Hall–Kier alpha value is -0.610. The summed E-state index contributed by atoms with van der Waals surface area (Å²) < 4.78 is 0. The zero-order valence-electron chi connectivity index (χ0n) is 12.0. The van der Waals surface area contributed by atoms with Crippen molar-refractivity contribution in [3.8, 4) is 0 Å². The van der Waals surface area contributed by atoms with Gasteiger partial charge in [0.25, 0.3) is 0 Å². The molecule has 4 heteroatoms. The van der Waals surface area contributed by atoms with E-state index in [-0.39, 0.29) is 5.92 Å². The highest BCUT2D eigenvalue weighted by atomic mass is 16.2. The van der Waals surface area contributed by atoms with E-state index in [1.807, 2.05) is 0 Å². The van der Waals surface area contributed by atoms with Gasteiger partial charge in [-0.15, -0.1) is 0 Å². The van der Waals surface area contributed by atoms with Gasteiger partial charge in [0.15, 0.2) is 0 Å². The van der Waals surface area contributed by atoms with Crippen LogP contribution in [0.15, 0.2) is 0 Å². The second kappa shape index (κ2) is 6.02. The molecule has 2 heterocycles. The maximum absolute atomic E-state index is 12.6. The van der Waals surface area contributed by atoms with E-state index in [9.17, 15) is 4.79 Å². The maximum Gasteiger partial charge on any atom is 0.227 e. The molecule has 4 nitrogen and oxygen atoms in total. The average Bonchev–Trinajstić information content (AvgIpc) is 2.39. The van der Waals surface area contributed by atoms with Gasteiger partial charge in [0.1, 0.15) is 0 Å². The van der Waals surface area contributed by atoms with Crippen LogP contribution in [0.25, 0.3) is 0 Å². The molecular formula is C14H27N3O. The fourth-order valence-corrected chi connectivity index (χ4v) is 3.20. The molecule has 2 rings (SSSR count). The standard InChI is InChI=1S/C14H27N3O/c1-4-12-10-17(9-8-16(12)3)14(18)13-6-5-7-15-11(13)2/h11-13,15H,4-10H2,1-3H3. The minimum atomic E-state index is 0.194. The molecule has 18 heavy (non-hydrogen) atoms. The lowest BCUT2D eigenvalue weighted by Gasteiger charge is -2.42. The Morgan fingerprint density at radius 3 is 2.83 bits per heavy atom. The normalized spacial score (nSPS) is 34.6. The maximum atomic E-state index is 12.6. The van der Waals surface area contributed by atoms with Gasteiger partial charge in [-0.1, -0.05) is 6.92 Å². The monoisotopic (exact) mass is 253 g/mol. The second-order valence-corrected chi connectivity index (χ2v) is 5.82. The summed E-state index contributed by atoms with van der Waals surface area (Å²) in [6, 6.07) is 0.875. The first kappa shape index (κ1) is 13.8. The van der Waals surface area contributed by atoms with E-state index in [1.165, 1.54) is 0 Å². The lowest BCUT2D eigenvalue weighted by Crippen LogP contribution is -2.56. The third-order valence-electron chi connectivity index (χ3n) is 4.64. The van der Waals surface area contributed by atoms with E-state index in [0.29, 0.717) is 18.0 Å². The summed E-state index contributed by atoms with van der Waals surface area (Å²) >= 11 is 0. The van der Waals surface area contributed by atoms with Crippen LogP contribution in [-0.4, -0.2) is 61.0 Å². The summed E-state index contributed by atoms with van der Waals surface area (Å²) in [6.07, 6.45) is 3.31. The largest absolute Gasteiger partial charge is 0.340 e. The van der Waals surface area contributed by atoms with E-state index in [0.717, 1.165) is 45.4 Å². The van der Waals surface area contributed by atoms with E-state index in [2.05, 4.69) is 36.0 Å². The molecule has 3 unspecified atom stereocenters. The van der Waals surface area contributed by atoms with E-state index < -0.39 is 0 Å². The number of piperidine rings is 1. The smallest absolute Gasteiger partial charge is 0.227 e. The van der Waals surface area contributed by atoms with Crippen molar-refractivity contribution in [2.45, 2.75) is 45.2 Å². The van der Waals surface area contributed by atoms with Gasteiger partial charge in [0.05, 0.1) is 5.92 Å². The number of likely N-dealkylation sites (N-methyl/N-ethyl adjacent to an activating group) is 1. The molecule has 3 atom stereocenters. The summed E-state index contributed by atoms with van der Waals surface area (Å²) in [7, 11) is 2.17. The zero-order valence-corrected chi connectivity index (χ0v) is 12.0. The van der Waals surface area contributed by atoms with Crippen LogP contribution in [0.5, 0.6) is 0 Å². The molecule has 0 aliphatic carbocycles. The molecule has 2 fully saturated rings. The number of hydrogen-bond acceptors (Lipinski definition) is 3. The molecule has 0 bridgehead atoms. The first-order valence-corrected chi connectivity index (χ1v) is 7.36. The van der Waals surface area contributed by atoms with Crippen molar-refractivity contribution in [2.24, 2.45) is 5.92 Å². The molecule has 2 saturated heterocycles. The van der Waals surface area contributed by atoms with Crippen molar-refractivity contribution in [1.82, 2.24) is 15.1 Å². The predicted molar refractivity (Wildman–Crippen MR) is 73.5 cm³/mol. The number of rotatable bonds is 2. The lowest BCUT2D eigenvalue weighted by atomic mass is 9.90. The van der Waals surface area contributed by atoms with Crippen LogP contribution in [0.3, 0.4) is 0 Å². The van der Waals surface area contributed by atoms with E-state index in [4.69, 9.17) is 0 Å². The van der Waals surface area contributed by atoms with Crippen LogP contribution in [0.1, 0.15) is 33.1 Å². The van der Waals surface area contributed by atoms with Crippen LogP contribution in [0.2, 0.25) is 0 Å². The second-order valence-electron chi connectivity index (χ2n) is 5.82. The number of piperazine rings is 1. The van der Waals surface area contributed by atoms with E-state index >= 15 is 0 Å². The Balaban J connectivity index is 1.96. The molecule has 1 amide bonds. The zero-order chi connectivity index (χ0) is 13.1. The molecule has 0 aromatic carbocycles. The molecular weight excluding hydrogens is 226 g/mol. The number of nitrogens with zero attached hydrogens (tertiary/aromatic N) is 2. The van der Waals surface area contributed by atoms with Crippen molar-refractivity contribution >= 4 is 5.91 Å². The van der Waals surface area contributed by atoms with Crippen LogP contribution in [-0.2, 0) is 4.79 Å². The summed E-state index contributed by atoms with van der Waals surface area (Å²) in [5.74, 6) is 0.570. The van der Waals surface area contributed by atoms with Crippen molar-refractivity contribution < 1.29 is 4.79 Å². The highest BCUT2D eigenvalue weighted by Crippen LogP contribution is 2.21. The molecule has 104 valence electrons. The summed E-state index contributed by atoms with van der Waals surface area (Å²) in [4.78, 5) is 17.1. The fraction of sp³-hybridized carbons (Fsp3) is 0.929. The van der Waals surface area contributed by atoms with Crippen molar-refractivity contribution in [3.05, 3.63) is 0 Å². The summed E-state index contributed by atoms with van der Waals surface area (Å²) in [6.45, 7) is 8.24. The summed E-state index contributed by atoms with van der Waals surface area (Å²) in [5.41, 5.74) is 0. The topological polar surface area (TPSA) is 35.6 Å². The highest BCUT2D eigenvalue weighted by molar-refractivity contribution is 5.79. The Kier molecular flexibility index (Phi) is 4.62. The van der Waals surface area contributed by atoms with Gasteiger partial charge in [0, 0.05) is 31.7 Å². The Labute approximate surface area is 111 Å². The van der Waals surface area contributed by atoms with Crippen LogP contribution in [0.4, 0.5) is 0 Å². The number of hydrogen-bond donors (Lipinski definition) is 1. The number of carbonyl (C=O) groups excluding carboxylic acids is 1. The minimum absolute atomic E-state index is 0.194. The lowest BCUT2D eigenvalue weighted by molar-refractivity contribution is -0.140. The van der Waals surface area contributed by atoms with Gasteiger partial charge >= 0.3 is 0 Å². The minimum Gasteiger partial charge on any atom is -0.340 e. The Morgan fingerprint density at radius 2 is 2.17 bits per heavy atom. The van der Waals surface area contributed by atoms with Gasteiger partial charge in [-0.05, 0) is 39.8 Å². The average molecular weight is 253 g/mol. The predicted octanol–water partition coefficient (Wildman–Crippen LogP) is 0.927. The van der Waals surface area contributed by atoms with Crippen LogP contribution in [0, 0.1) is 5.92 Å². The Morgan fingerprint density at radius 1 is 1.39 bits per heavy atom. The van der Waals surface area contributed by atoms with Gasteiger partial charge < -0.3 is 10.2 Å². The molecule has 0 radical (unpaired) electrons. The van der Waals surface area contributed by atoms with Crippen LogP contribution >= 0.6 is 0 Å². The molecule has 0 saturated carbocycles. The number of carbonyl (C=O) groups is 1. The van der Waals surface area contributed by atoms with Crippen molar-refractivity contribution in [1.29, 1.82) is 0 Å². The number of amides is 1. The molecule has 2 aliphatic rings. The quantitative estimate of drug-likeness (QED) is 0.795. The van der Waals surface area contributed by atoms with Gasteiger partial charge in [-0.3, -0.25) is 9.69 Å². The molecule has 0 aromatic heterocycles. The first-order chi connectivity index (χ1) is 8.63. The third kappa shape index (κ3) is 2.86. The van der Waals surface area contributed by atoms with E-state index in [1.54, 1.807) is 0 Å². The molecule has 2 aliphatic heterocycles. The third-order valence-corrected chi connectivity index (χ3v) is 4.64. The highest BCUT2D eigenvalue weighted by Gasteiger charge is 2.34. The van der Waals surface area contributed by atoms with Gasteiger partial charge in [-0.2, -0.15) is 0 Å². The van der Waals surface area contributed by atoms with Gasteiger partial charge in [-0.25, -0.2) is 0 Å². The van der Waals surface area contributed by atoms with Gasteiger partial charge in [0.2, 0.25) is 5.91 Å². The van der Waals surface area contributed by atoms with Crippen LogP contribution < -0.4 is 5.32 Å². The summed E-state index contributed by atoms with van der Waals surface area (Å²) in [5, 5.41) is 3.43. The first-order valence-electron chi connectivity index (χ1n) is 7.36. The van der Waals surface area contributed by atoms with Crippen molar-refractivity contribution in [3.63, 3.8) is 0 Å². The number of nitrogens with one attached hydrogen (secondary N) is 1. The van der Waals surface area contributed by atoms with Crippen molar-refractivity contribution in [2.75, 3.05) is 33.2 Å². The molecule has 0 spiro atoms. The molecule has 1 N–H and O–H groups in total.